The van der Waals surface area contributed by atoms with Gasteiger partial charge in [-0.05, 0) is 95.1 Å². The van der Waals surface area contributed by atoms with E-state index in [0.717, 1.165) is 72.5 Å². The maximum absolute atomic E-state index is 5.09. The van der Waals surface area contributed by atoms with E-state index in [2.05, 4.69) is 191 Å². The average Bonchev–Trinajstić information content (AvgIpc) is 3.79. The van der Waals surface area contributed by atoms with Gasteiger partial charge in [-0.3, -0.25) is 4.98 Å². The predicted octanol–water partition coefficient (Wildman–Crippen LogP) is 13.3. The first-order valence-corrected chi connectivity index (χ1v) is 19.0. The molecule has 0 aliphatic heterocycles. The Kier molecular flexibility index (Phi) is 7.46. The molecule has 4 nitrogen and oxygen atoms in total. The summed E-state index contributed by atoms with van der Waals surface area (Å²) in [5.74, 6) is 0. The van der Waals surface area contributed by atoms with Gasteiger partial charge in [0.25, 0.3) is 0 Å². The molecule has 0 unspecified atom stereocenters. The summed E-state index contributed by atoms with van der Waals surface area (Å²) in [5, 5.41) is 3.62. The molecule has 0 saturated carbocycles. The number of fused-ring (bicyclic) bond motifs is 6. The topological polar surface area (TPSA) is 35.6 Å². The minimum Gasteiger partial charge on any atom is -0.309 e. The monoisotopic (exact) mass is 714 g/mol. The smallest absolute Gasteiger partial charge is 0.0963 e. The molecule has 11 rings (SSSR count). The lowest BCUT2D eigenvalue weighted by Gasteiger charge is -2.12. The van der Waals surface area contributed by atoms with Crippen LogP contribution >= 0.6 is 0 Å². The van der Waals surface area contributed by atoms with E-state index in [1.54, 1.807) is 0 Å². The van der Waals surface area contributed by atoms with Crippen molar-refractivity contribution in [3.05, 3.63) is 206 Å². The van der Waals surface area contributed by atoms with E-state index in [-0.39, 0.29) is 0 Å². The van der Waals surface area contributed by atoms with Crippen molar-refractivity contribution in [3.8, 4) is 56.1 Å². The molecule has 0 aliphatic carbocycles. The standard InChI is InChI=1S/C52H34N4/c1-4-13-36(14-5-1)46-32-40(33-47(54-46)37-15-6-2-7-16-37)35-22-26-42(27-23-35)55-49-29-25-38(31-45(49)52-50(55)21-12-30-53-52)39-24-28-44-43-19-10-11-20-48(43)56(51(44)34-39)41-17-8-3-9-18-41/h1-34H. The zero-order chi connectivity index (χ0) is 37.0. The van der Waals surface area contributed by atoms with Crippen molar-refractivity contribution in [3.63, 3.8) is 0 Å². The highest BCUT2D eigenvalue weighted by Crippen LogP contribution is 2.38. The van der Waals surface area contributed by atoms with E-state index < -0.39 is 0 Å². The van der Waals surface area contributed by atoms with Crippen LogP contribution in [0.5, 0.6) is 0 Å². The maximum Gasteiger partial charge on any atom is 0.0963 e. The van der Waals surface area contributed by atoms with Crippen LogP contribution in [0.2, 0.25) is 0 Å². The predicted molar refractivity (Wildman–Crippen MR) is 232 cm³/mol. The first-order chi connectivity index (χ1) is 27.8. The number of benzene rings is 7. The third kappa shape index (κ3) is 5.31. The summed E-state index contributed by atoms with van der Waals surface area (Å²) >= 11 is 0. The van der Waals surface area contributed by atoms with E-state index in [1.807, 2.05) is 24.4 Å². The second-order valence-electron chi connectivity index (χ2n) is 14.3. The van der Waals surface area contributed by atoms with Crippen LogP contribution < -0.4 is 0 Å². The van der Waals surface area contributed by atoms with Gasteiger partial charge in [-0.1, -0.05) is 127 Å². The second-order valence-corrected chi connectivity index (χ2v) is 14.3. The van der Waals surface area contributed by atoms with Crippen LogP contribution in [0.1, 0.15) is 0 Å². The third-order valence-corrected chi connectivity index (χ3v) is 11.0. The molecule has 4 aromatic heterocycles. The number of pyridine rings is 2. The van der Waals surface area contributed by atoms with Crippen molar-refractivity contribution in [2.24, 2.45) is 0 Å². The second kappa shape index (κ2) is 13.1. The van der Waals surface area contributed by atoms with Crippen molar-refractivity contribution in [1.82, 2.24) is 19.1 Å². The molecule has 0 saturated heterocycles. The summed E-state index contributed by atoms with van der Waals surface area (Å²) in [6, 6.07) is 71.2. The van der Waals surface area contributed by atoms with Gasteiger partial charge >= 0.3 is 0 Å². The third-order valence-electron chi connectivity index (χ3n) is 11.0. The van der Waals surface area contributed by atoms with Crippen LogP contribution in [0.15, 0.2) is 206 Å². The Morgan fingerprint density at radius 3 is 1.57 bits per heavy atom. The molecule has 4 heterocycles. The zero-order valence-corrected chi connectivity index (χ0v) is 30.4. The van der Waals surface area contributed by atoms with Crippen LogP contribution in [-0.4, -0.2) is 19.1 Å². The molecular weight excluding hydrogens is 681 g/mol. The van der Waals surface area contributed by atoms with Crippen LogP contribution in [0.25, 0.3) is 99.9 Å². The minimum absolute atomic E-state index is 0.955. The average molecular weight is 715 g/mol. The van der Waals surface area contributed by atoms with E-state index in [0.29, 0.717) is 0 Å². The van der Waals surface area contributed by atoms with Crippen molar-refractivity contribution >= 4 is 43.7 Å². The molecule has 0 spiro atoms. The molecule has 56 heavy (non-hydrogen) atoms. The van der Waals surface area contributed by atoms with Crippen molar-refractivity contribution in [2.45, 2.75) is 0 Å². The number of para-hydroxylation sites is 2. The molecule has 4 heteroatoms. The minimum atomic E-state index is 0.955. The van der Waals surface area contributed by atoms with Gasteiger partial charge in [-0.2, -0.15) is 0 Å². The number of hydrogen-bond donors (Lipinski definition) is 0. The largest absolute Gasteiger partial charge is 0.309 e. The van der Waals surface area contributed by atoms with Gasteiger partial charge in [0.2, 0.25) is 0 Å². The van der Waals surface area contributed by atoms with Crippen LogP contribution in [0.3, 0.4) is 0 Å². The number of hydrogen-bond acceptors (Lipinski definition) is 2. The Morgan fingerprint density at radius 1 is 0.304 bits per heavy atom. The van der Waals surface area contributed by atoms with Crippen molar-refractivity contribution < 1.29 is 0 Å². The van der Waals surface area contributed by atoms with Gasteiger partial charge in [-0.25, -0.2) is 4.98 Å². The summed E-state index contributed by atoms with van der Waals surface area (Å²) in [6.07, 6.45) is 1.89. The molecule has 0 aliphatic rings. The summed E-state index contributed by atoms with van der Waals surface area (Å²) in [7, 11) is 0. The lowest BCUT2D eigenvalue weighted by atomic mass is 9.99. The van der Waals surface area contributed by atoms with E-state index in [9.17, 15) is 0 Å². The van der Waals surface area contributed by atoms with E-state index in [4.69, 9.17) is 9.97 Å². The molecule has 0 bridgehead atoms. The number of rotatable bonds is 6. The van der Waals surface area contributed by atoms with Crippen LogP contribution in [-0.2, 0) is 0 Å². The normalized spacial score (nSPS) is 11.6. The fourth-order valence-corrected chi connectivity index (χ4v) is 8.31. The lowest BCUT2D eigenvalue weighted by Crippen LogP contribution is -1.95. The van der Waals surface area contributed by atoms with Crippen molar-refractivity contribution in [2.75, 3.05) is 0 Å². The number of nitrogens with zero attached hydrogens (tertiary/aromatic N) is 4. The van der Waals surface area contributed by atoms with Crippen LogP contribution in [0.4, 0.5) is 0 Å². The van der Waals surface area contributed by atoms with Gasteiger partial charge < -0.3 is 9.13 Å². The first kappa shape index (κ1) is 31.9. The quantitative estimate of drug-likeness (QED) is 0.172. The maximum atomic E-state index is 5.09. The van der Waals surface area contributed by atoms with Gasteiger partial charge in [0.05, 0.1) is 39.0 Å². The highest BCUT2D eigenvalue weighted by atomic mass is 15.0. The Morgan fingerprint density at radius 2 is 0.839 bits per heavy atom. The fraction of sp³-hybridized carbons (Fsp3) is 0. The summed E-state index contributed by atoms with van der Waals surface area (Å²) in [4.78, 5) is 10.0. The van der Waals surface area contributed by atoms with Gasteiger partial charge in [-0.15, -0.1) is 0 Å². The highest BCUT2D eigenvalue weighted by molar-refractivity contribution is 6.11. The molecule has 7 aromatic carbocycles. The van der Waals surface area contributed by atoms with Gasteiger partial charge in [0.1, 0.15) is 0 Å². The Hall–Kier alpha value is -7.56. The zero-order valence-electron chi connectivity index (χ0n) is 30.4. The molecule has 0 amide bonds. The molecular formula is C52H34N4. The van der Waals surface area contributed by atoms with Crippen LogP contribution in [0, 0.1) is 0 Å². The summed E-state index contributed by atoms with van der Waals surface area (Å²) < 4.78 is 4.71. The summed E-state index contributed by atoms with van der Waals surface area (Å²) in [6.45, 7) is 0. The first-order valence-electron chi connectivity index (χ1n) is 19.0. The van der Waals surface area contributed by atoms with E-state index in [1.165, 1.54) is 27.4 Å². The molecule has 0 N–H and O–H groups in total. The Labute approximate surface area is 324 Å². The fourth-order valence-electron chi connectivity index (χ4n) is 8.31. The number of aromatic nitrogens is 4. The Bertz CT molecular complexity index is 3160. The molecule has 262 valence electrons. The molecule has 11 aromatic rings. The Balaban J connectivity index is 1.02. The lowest BCUT2D eigenvalue weighted by molar-refractivity contribution is 1.17. The molecule has 0 radical (unpaired) electrons. The van der Waals surface area contributed by atoms with Crippen molar-refractivity contribution in [1.29, 1.82) is 0 Å². The van der Waals surface area contributed by atoms with Gasteiger partial charge in [0.15, 0.2) is 0 Å². The highest BCUT2D eigenvalue weighted by Gasteiger charge is 2.17. The summed E-state index contributed by atoms with van der Waals surface area (Å²) in [5.41, 5.74) is 16.5. The SMILES string of the molecule is c1ccc(-c2cc(-c3ccc(-n4c5ccc(-c6ccc7c8ccccc8n(-c8ccccc8)c7c6)cc5c5ncccc54)cc3)cc(-c3ccccc3)n2)cc1. The van der Waals surface area contributed by atoms with Gasteiger partial charge in [0, 0.05) is 44.9 Å². The molecule has 0 fully saturated rings. The molecule has 0 atom stereocenters. The van der Waals surface area contributed by atoms with E-state index >= 15 is 0 Å².